The molecule has 0 amide bonds. The van der Waals surface area contributed by atoms with E-state index >= 15 is 0 Å². The molecular formula is C14H23N3O. The van der Waals surface area contributed by atoms with Gasteiger partial charge >= 0.3 is 0 Å². The van der Waals surface area contributed by atoms with Crippen LogP contribution in [0.5, 0.6) is 5.75 Å². The molecule has 2 rings (SSSR count). The Morgan fingerprint density at radius 3 is 2.61 bits per heavy atom. The maximum Gasteiger partial charge on any atom is 0.141 e. The van der Waals surface area contributed by atoms with E-state index in [0.29, 0.717) is 0 Å². The maximum absolute atomic E-state index is 5.32. The van der Waals surface area contributed by atoms with Crippen molar-refractivity contribution in [2.45, 2.75) is 0 Å². The molecule has 1 N–H and O–H groups in total. The molecule has 4 heteroatoms. The zero-order chi connectivity index (χ0) is 12.8. The van der Waals surface area contributed by atoms with Crippen LogP contribution in [-0.4, -0.2) is 63.2 Å². The van der Waals surface area contributed by atoms with Crippen molar-refractivity contribution < 1.29 is 4.74 Å². The molecule has 0 atom stereocenters. The number of piperazine rings is 1. The van der Waals surface area contributed by atoms with E-state index in [9.17, 15) is 0 Å². The van der Waals surface area contributed by atoms with Crippen LogP contribution < -0.4 is 10.1 Å². The van der Waals surface area contributed by atoms with Gasteiger partial charge in [0.05, 0.1) is 12.8 Å². The summed E-state index contributed by atoms with van der Waals surface area (Å²) in [5, 5.41) is 3.44. The minimum atomic E-state index is 0.913. The van der Waals surface area contributed by atoms with E-state index in [1.807, 2.05) is 18.2 Å². The number of likely N-dealkylation sites (N-methyl/N-ethyl adjacent to an activating group) is 1. The third-order valence-corrected chi connectivity index (χ3v) is 3.45. The van der Waals surface area contributed by atoms with E-state index in [0.717, 1.165) is 24.5 Å². The van der Waals surface area contributed by atoms with Gasteiger partial charge in [-0.05, 0) is 19.2 Å². The lowest BCUT2D eigenvalue weighted by molar-refractivity contribution is 0.158. The molecule has 0 bridgehead atoms. The average molecular weight is 249 g/mol. The highest BCUT2D eigenvalue weighted by molar-refractivity contribution is 5.56. The second-order valence-corrected chi connectivity index (χ2v) is 4.77. The van der Waals surface area contributed by atoms with Gasteiger partial charge in [0.2, 0.25) is 0 Å². The predicted molar refractivity (Wildman–Crippen MR) is 75.4 cm³/mol. The van der Waals surface area contributed by atoms with Gasteiger partial charge in [0.15, 0.2) is 0 Å². The zero-order valence-corrected chi connectivity index (χ0v) is 11.4. The van der Waals surface area contributed by atoms with Gasteiger partial charge in [0.25, 0.3) is 0 Å². The molecule has 0 saturated carbocycles. The van der Waals surface area contributed by atoms with E-state index in [1.165, 1.54) is 26.2 Å². The van der Waals surface area contributed by atoms with Crippen molar-refractivity contribution in [1.29, 1.82) is 0 Å². The largest absolute Gasteiger partial charge is 0.495 e. The van der Waals surface area contributed by atoms with E-state index in [1.54, 1.807) is 7.11 Å². The molecule has 1 aliphatic heterocycles. The third-order valence-electron chi connectivity index (χ3n) is 3.45. The fourth-order valence-electron chi connectivity index (χ4n) is 2.21. The Labute approximate surface area is 110 Å². The molecule has 0 radical (unpaired) electrons. The number of ether oxygens (including phenoxy) is 1. The van der Waals surface area contributed by atoms with E-state index in [2.05, 4.69) is 28.2 Å². The molecule has 100 valence electrons. The Hall–Kier alpha value is -1.26. The number of nitrogens with zero attached hydrogens (tertiary/aromatic N) is 2. The van der Waals surface area contributed by atoms with Gasteiger partial charge in [-0.1, -0.05) is 12.1 Å². The molecule has 1 aromatic carbocycles. The first-order valence-corrected chi connectivity index (χ1v) is 6.57. The zero-order valence-electron chi connectivity index (χ0n) is 11.4. The normalized spacial score (nSPS) is 17.7. The van der Waals surface area contributed by atoms with Gasteiger partial charge in [0.1, 0.15) is 5.75 Å². The van der Waals surface area contributed by atoms with E-state index in [-0.39, 0.29) is 0 Å². The van der Waals surface area contributed by atoms with Crippen LogP contribution in [0.4, 0.5) is 5.69 Å². The highest BCUT2D eigenvalue weighted by Crippen LogP contribution is 2.22. The van der Waals surface area contributed by atoms with Gasteiger partial charge in [-0.15, -0.1) is 0 Å². The Morgan fingerprint density at radius 1 is 1.17 bits per heavy atom. The van der Waals surface area contributed by atoms with Gasteiger partial charge < -0.3 is 15.0 Å². The molecule has 1 saturated heterocycles. The third kappa shape index (κ3) is 3.62. The minimum Gasteiger partial charge on any atom is -0.495 e. The van der Waals surface area contributed by atoms with Crippen molar-refractivity contribution in [3.05, 3.63) is 24.3 Å². The highest BCUT2D eigenvalue weighted by Gasteiger charge is 2.12. The molecule has 1 aromatic rings. The second kappa shape index (κ2) is 6.61. The summed E-state index contributed by atoms with van der Waals surface area (Å²) in [4.78, 5) is 4.88. The summed E-state index contributed by atoms with van der Waals surface area (Å²) in [5.41, 5.74) is 1.08. The van der Waals surface area contributed by atoms with Crippen LogP contribution in [0.2, 0.25) is 0 Å². The Balaban J connectivity index is 1.75. The standard InChI is InChI=1S/C14H23N3O/c1-16-9-11-17(12-10-16)8-7-15-13-5-3-4-6-14(13)18-2/h3-6,15H,7-12H2,1-2H3. The summed E-state index contributed by atoms with van der Waals surface area (Å²) in [6.45, 7) is 6.74. The average Bonchev–Trinajstić information content (AvgIpc) is 2.41. The first-order valence-electron chi connectivity index (χ1n) is 6.57. The lowest BCUT2D eigenvalue weighted by Gasteiger charge is -2.32. The van der Waals surface area contributed by atoms with Crippen molar-refractivity contribution in [1.82, 2.24) is 9.80 Å². The van der Waals surface area contributed by atoms with E-state index < -0.39 is 0 Å². The molecule has 1 fully saturated rings. The van der Waals surface area contributed by atoms with Crippen LogP contribution >= 0.6 is 0 Å². The maximum atomic E-state index is 5.32. The lowest BCUT2D eigenvalue weighted by atomic mass is 10.3. The number of methoxy groups -OCH3 is 1. The number of benzene rings is 1. The van der Waals surface area contributed by atoms with E-state index in [4.69, 9.17) is 4.74 Å². The molecule has 4 nitrogen and oxygen atoms in total. The number of anilines is 1. The number of hydrogen-bond donors (Lipinski definition) is 1. The molecule has 18 heavy (non-hydrogen) atoms. The van der Waals surface area contributed by atoms with Crippen molar-refractivity contribution in [2.75, 3.05) is 58.7 Å². The number of rotatable bonds is 5. The molecule has 0 spiro atoms. The molecule has 1 heterocycles. The van der Waals surface area contributed by atoms with Crippen LogP contribution in [-0.2, 0) is 0 Å². The summed E-state index contributed by atoms with van der Waals surface area (Å²) >= 11 is 0. The fraction of sp³-hybridized carbons (Fsp3) is 0.571. The summed E-state index contributed by atoms with van der Waals surface area (Å²) in [6, 6.07) is 8.06. The molecule has 0 unspecified atom stereocenters. The Bertz CT molecular complexity index is 362. The minimum absolute atomic E-state index is 0.913. The molecular weight excluding hydrogens is 226 g/mol. The highest BCUT2D eigenvalue weighted by atomic mass is 16.5. The quantitative estimate of drug-likeness (QED) is 0.852. The second-order valence-electron chi connectivity index (χ2n) is 4.77. The topological polar surface area (TPSA) is 27.7 Å². The van der Waals surface area contributed by atoms with Crippen LogP contribution in [0, 0.1) is 0 Å². The molecule has 0 aromatic heterocycles. The number of para-hydroxylation sites is 2. The van der Waals surface area contributed by atoms with Crippen molar-refractivity contribution in [3.63, 3.8) is 0 Å². The van der Waals surface area contributed by atoms with Gasteiger partial charge in [-0.2, -0.15) is 0 Å². The van der Waals surface area contributed by atoms with Gasteiger partial charge in [0, 0.05) is 39.3 Å². The SMILES string of the molecule is COc1ccccc1NCCN1CCN(C)CC1. The summed E-state index contributed by atoms with van der Waals surface area (Å²) in [7, 11) is 3.89. The van der Waals surface area contributed by atoms with Gasteiger partial charge in [-0.25, -0.2) is 0 Å². The van der Waals surface area contributed by atoms with Crippen LogP contribution in [0.1, 0.15) is 0 Å². The monoisotopic (exact) mass is 249 g/mol. The number of hydrogen-bond acceptors (Lipinski definition) is 4. The first kappa shape index (κ1) is 13.2. The lowest BCUT2D eigenvalue weighted by Crippen LogP contribution is -2.45. The Kier molecular flexibility index (Phi) is 4.84. The summed E-state index contributed by atoms with van der Waals surface area (Å²) in [5.74, 6) is 0.913. The van der Waals surface area contributed by atoms with Crippen molar-refractivity contribution >= 4 is 5.69 Å². The van der Waals surface area contributed by atoms with Gasteiger partial charge in [-0.3, -0.25) is 4.90 Å². The predicted octanol–water partition coefficient (Wildman–Crippen LogP) is 1.35. The first-order chi connectivity index (χ1) is 8.79. The van der Waals surface area contributed by atoms with Crippen LogP contribution in [0.25, 0.3) is 0 Å². The molecule has 0 aliphatic carbocycles. The summed E-state index contributed by atoms with van der Waals surface area (Å²) < 4.78 is 5.32. The summed E-state index contributed by atoms with van der Waals surface area (Å²) in [6.07, 6.45) is 0. The van der Waals surface area contributed by atoms with Crippen molar-refractivity contribution in [2.24, 2.45) is 0 Å². The van der Waals surface area contributed by atoms with Crippen LogP contribution in [0.15, 0.2) is 24.3 Å². The molecule has 1 aliphatic rings. The number of nitrogens with one attached hydrogen (secondary N) is 1. The van der Waals surface area contributed by atoms with Crippen molar-refractivity contribution in [3.8, 4) is 5.75 Å². The Morgan fingerprint density at radius 2 is 1.89 bits per heavy atom. The van der Waals surface area contributed by atoms with Crippen LogP contribution in [0.3, 0.4) is 0 Å². The fourth-order valence-corrected chi connectivity index (χ4v) is 2.21. The smallest absolute Gasteiger partial charge is 0.141 e.